The number of nitriles is 1. The number of anilines is 1. The largest absolute Gasteiger partial charge is 0.350 e. The number of carbonyl (C=O) groups is 1. The maximum absolute atomic E-state index is 13.5. The molecule has 1 amide bonds. The average molecular weight is 471 g/mol. The molecule has 170 valence electrons. The molecule has 0 aliphatic carbocycles. The molecule has 0 bridgehead atoms. The number of rotatable bonds is 7. The Bertz CT molecular complexity index is 1480. The minimum absolute atomic E-state index is 0.0645. The molecule has 0 fully saturated rings. The van der Waals surface area contributed by atoms with E-state index in [1.165, 1.54) is 0 Å². The van der Waals surface area contributed by atoms with Gasteiger partial charge >= 0.3 is 0 Å². The Kier molecular flexibility index (Phi) is 6.57. The lowest BCUT2D eigenvalue weighted by molar-refractivity contribution is 0.0955. The molecule has 1 unspecified atom stereocenters. The van der Waals surface area contributed by atoms with Crippen molar-refractivity contribution in [1.82, 2.24) is 10.3 Å². The maximum atomic E-state index is 13.5. The fourth-order valence-corrected chi connectivity index (χ4v) is 4.31. The number of pyridine rings is 1. The van der Waals surface area contributed by atoms with E-state index in [0.717, 1.165) is 11.8 Å². The van der Waals surface area contributed by atoms with Gasteiger partial charge in [0, 0.05) is 17.5 Å². The molecule has 0 saturated carbocycles. The van der Waals surface area contributed by atoms with Crippen molar-refractivity contribution >= 4 is 32.5 Å². The fourth-order valence-electron chi connectivity index (χ4n) is 3.74. The summed E-state index contributed by atoms with van der Waals surface area (Å²) in [4.78, 5) is 18.2. The Morgan fingerprint density at radius 3 is 2.24 bits per heavy atom. The molecular formula is C26H22N4O3S. The van der Waals surface area contributed by atoms with Crippen LogP contribution in [0, 0.1) is 11.3 Å². The molecule has 34 heavy (non-hydrogen) atoms. The zero-order valence-corrected chi connectivity index (χ0v) is 19.2. The Hall–Kier alpha value is -4.22. The van der Waals surface area contributed by atoms with Crippen molar-refractivity contribution in [2.75, 3.05) is 17.5 Å². The van der Waals surface area contributed by atoms with Gasteiger partial charge in [0.1, 0.15) is 0 Å². The summed E-state index contributed by atoms with van der Waals surface area (Å²) < 4.78 is 27.1. The first kappa shape index (κ1) is 23.0. The molecule has 4 aromatic rings. The smallest absolute Gasteiger partial charge is 0.254 e. The number of nitrogens with zero attached hydrogens (tertiary/aromatic N) is 2. The van der Waals surface area contributed by atoms with E-state index in [9.17, 15) is 18.5 Å². The van der Waals surface area contributed by atoms with Crippen LogP contribution in [0.1, 0.15) is 21.8 Å². The predicted molar refractivity (Wildman–Crippen MR) is 133 cm³/mol. The summed E-state index contributed by atoms with van der Waals surface area (Å²) >= 11 is 0. The van der Waals surface area contributed by atoms with Crippen LogP contribution in [-0.2, 0) is 10.0 Å². The van der Waals surface area contributed by atoms with Gasteiger partial charge in [0.15, 0.2) is 0 Å². The van der Waals surface area contributed by atoms with Gasteiger partial charge in [-0.2, -0.15) is 5.26 Å². The van der Waals surface area contributed by atoms with Gasteiger partial charge < -0.3 is 5.32 Å². The summed E-state index contributed by atoms with van der Waals surface area (Å²) in [6.45, 7) is 0.0645. The van der Waals surface area contributed by atoms with E-state index in [-0.39, 0.29) is 17.8 Å². The number of benzene rings is 3. The van der Waals surface area contributed by atoms with Crippen molar-refractivity contribution < 1.29 is 13.2 Å². The third kappa shape index (κ3) is 5.05. The Morgan fingerprint density at radius 1 is 0.971 bits per heavy atom. The van der Waals surface area contributed by atoms with Crippen molar-refractivity contribution in [1.29, 1.82) is 5.26 Å². The number of aromatic nitrogens is 1. The fraction of sp³-hybridized carbons (Fsp3) is 0.115. The van der Waals surface area contributed by atoms with Crippen molar-refractivity contribution in [3.05, 3.63) is 96.1 Å². The zero-order valence-electron chi connectivity index (χ0n) is 18.4. The average Bonchev–Trinajstić information content (AvgIpc) is 2.84. The molecule has 0 radical (unpaired) electrons. The van der Waals surface area contributed by atoms with Gasteiger partial charge in [-0.15, -0.1) is 0 Å². The standard InChI is InChI=1S/C26H22N4O3S/c1-34(32,33)30-25-23(26(31)28-17-20(16-27)18-10-4-2-5-11-18)21-14-8-9-15-22(21)29-24(25)19-12-6-3-7-13-19/h2-15,20,30H,17H2,1H3,(H,28,31). The minimum atomic E-state index is -3.73. The summed E-state index contributed by atoms with van der Waals surface area (Å²) in [5.41, 5.74) is 2.58. The van der Waals surface area contributed by atoms with Crippen LogP contribution in [0.25, 0.3) is 22.2 Å². The monoisotopic (exact) mass is 470 g/mol. The number of para-hydroxylation sites is 1. The lowest BCUT2D eigenvalue weighted by atomic mass is 9.99. The first-order valence-electron chi connectivity index (χ1n) is 10.6. The van der Waals surface area contributed by atoms with Crippen LogP contribution in [-0.4, -0.2) is 32.1 Å². The van der Waals surface area contributed by atoms with Crippen molar-refractivity contribution in [2.24, 2.45) is 0 Å². The number of carbonyl (C=O) groups excluding carboxylic acids is 1. The molecule has 1 atom stereocenters. The molecule has 1 aromatic heterocycles. The van der Waals surface area contributed by atoms with Crippen LogP contribution >= 0.6 is 0 Å². The first-order chi connectivity index (χ1) is 16.4. The van der Waals surface area contributed by atoms with Gasteiger partial charge in [0.05, 0.1) is 40.7 Å². The van der Waals surface area contributed by atoms with Crippen LogP contribution in [0.15, 0.2) is 84.9 Å². The normalized spacial score (nSPS) is 12.0. The Labute approximate surface area is 198 Å². The third-order valence-electron chi connectivity index (χ3n) is 5.28. The Morgan fingerprint density at radius 2 is 1.59 bits per heavy atom. The summed E-state index contributed by atoms with van der Waals surface area (Å²) in [7, 11) is -3.73. The van der Waals surface area contributed by atoms with Crippen molar-refractivity contribution in [3.63, 3.8) is 0 Å². The quantitative estimate of drug-likeness (QED) is 0.418. The molecule has 0 aliphatic rings. The van der Waals surface area contributed by atoms with Crippen LogP contribution in [0.4, 0.5) is 5.69 Å². The molecule has 3 aromatic carbocycles. The van der Waals surface area contributed by atoms with E-state index in [1.54, 1.807) is 36.4 Å². The molecule has 7 nitrogen and oxygen atoms in total. The van der Waals surface area contributed by atoms with Crippen molar-refractivity contribution in [3.8, 4) is 17.3 Å². The van der Waals surface area contributed by atoms with E-state index in [2.05, 4.69) is 21.1 Å². The number of nitrogens with one attached hydrogen (secondary N) is 2. The van der Waals surface area contributed by atoms with E-state index in [1.807, 2.05) is 48.5 Å². The highest BCUT2D eigenvalue weighted by molar-refractivity contribution is 7.92. The Balaban J connectivity index is 1.84. The van der Waals surface area contributed by atoms with E-state index in [0.29, 0.717) is 22.2 Å². The third-order valence-corrected chi connectivity index (χ3v) is 5.85. The molecule has 0 spiro atoms. The number of hydrogen-bond donors (Lipinski definition) is 2. The molecule has 4 rings (SSSR count). The van der Waals surface area contributed by atoms with E-state index >= 15 is 0 Å². The van der Waals surface area contributed by atoms with Gasteiger partial charge in [0.25, 0.3) is 5.91 Å². The molecule has 1 heterocycles. The molecule has 0 saturated heterocycles. The summed E-state index contributed by atoms with van der Waals surface area (Å²) in [6.07, 6.45) is 1.03. The van der Waals surface area contributed by atoms with Gasteiger partial charge in [-0.25, -0.2) is 13.4 Å². The predicted octanol–water partition coefficient (Wildman–Crippen LogP) is 4.31. The lowest BCUT2D eigenvalue weighted by Crippen LogP contribution is -2.29. The van der Waals surface area contributed by atoms with Gasteiger partial charge in [0.2, 0.25) is 10.0 Å². The second kappa shape index (κ2) is 9.73. The van der Waals surface area contributed by atoms with Crippen LogP contribution in [0.2, 0.25) is 0 Å². The molecule has 2 N–H and O–H groups in total. The number of hydrogen-bond acceptors (Lipinski definition) is 5. The van der Waals surface area contributed by atoms with Gasteiger partial charge in [-0.3, -0.25) is 9.52 Å². The SMILES string of the molecule is CS(=O)(=O)Nc1c(-c2ccccc2)nc2ccccc2c1C(=O)NCC(C#N)c1ccccc1. The lowest BCUT2D eigenvalue weighted by Gasteiger charge is -2.18. The summed E-state index contributed by atoms with van der Waals surface area (Å²) in [6, 6.07) is 27.5. The van der Waals surface area contributed by atoms with Gasteiger partial charge in [-0.05, 0) is 11.6 Å². The second-order valence-electron chi connectivity index (χ2n) is 7.77. The van der Waals surface area contributed by atoms with E-state index < -0.39 is 21.8 Å². The topological polar surface area (TPSA) is 112 Å². The van der Waals surface area contributed by atoms with Crippen molar-refractivity contribution in [2.45, 2.75) is 5.92 Å². The molecule has 0 aliphatic heterocycles. The van der Waals surface area contributed by atoms with Crippen LogP contribution in [0.3, 0.4) is 0 Å². The summed E-state index contributed by atoms with van der Waals surface area (Å²) in [5.74, 6) is -1.06. The summed E-state index contributed by atoms with van der Waals surface area (Å²) in [5, 5.41) is 13.0. The number of fused-ring (bicyclic) bond motifs is 1. The number of sulfonamides is 1. The molecular weight excluding hydrogens is 448 g/mol. The minimum Gasteiger partial charge on any atom is -0.350 e. The first-order valence-corrected chi connectivity index (χ1v) is 12.4. The number of amides is 1. The highest BCUT2D eigenvalue weighted by Crippen LogP contribution is 2.35. The van der Waals surface area contributed by atoms with E-state index in [4.69, 9.17) is 0 Å². The second-order valence-corrected chi connectivity index (χ2v) is 9.52. The highest BCUT2D eigenvalue weighted by atomic mass is 32.2. The molecule has 8 heteroatoms. The zero-order chi connectivity index (χ0) is 24.1. The highest BCUT2D eigenvalue weighted by Gasteiger charge is 2.24. The van der Waals surface area contributed by atoms with Gasteiger partial charge in [-0.1, -0.05) is 78.9 Å². The maximum Gasteiger partial charge on any atom is 0.254 e. The van der Waals surface area contributed by atoms with Crippen LogP contribution < -0.4 is 10.0 Å². The van der Waals surface area contributed by atoms with Crippen LogP contribution in [0.5, 0.6) is 0 Å².